The summed E-state index contributed by atoms with van der Waals surface area (Å²) in [4.78, 5) is 12.6. The molecule has 1 amide bonds. The topological polar surface area (TPSA) is 110 Å². The van der Waals surface area contributed by atoms with Crippen molar-refractivity contribution < 1.29 is 25.2 Å². The van der Waals surface area contributed by atoms with Crippen LogP contribution in [-0.2, 0) is 4.79 Å². The van der Waals surface area contributed by atoms with E-state index in [0.717, 1.165) is 44.9 Å². The van der Waals surface area contributed by atoms with Gasteiger partial charge in [-0.05, 0) is 83.5 Å². The van der Waals surface area contributed by atoms with Crippen LogP contribution in [0.5, 0.6) is 0 Å². The van der Waals surface area contributed by atoms with Gasteiger partial charge in [0.15, 0.2) is 0 Å². The normalized spacial score (nSPS) is 13.9. The molecule has 4 atom stereocenters. The van der Waals surface area contributed by atoms with Gasteiger partial charge >= 0.3 is 0 Å². The Morgan fingerprint density at radius 2 is 0.616 bits per heavy atom. The smallest absolute Gasteiger partial charge is 0.249 e. The van der Waals surface area contributed by atoms with E-state index in [1.807, 2.05) is 0 Å². The molecule has 430 valence electrons. The fraction of sp³-hybridized carbons (Fsp3) is 0.866. The van der Waals surface area contributed by atoms with Crippen molar-refractivity contribution in [1.82, 2.24) is 5.32 Å². The maximum absolute atomic E-state index is 12.6. The quantitative estimate of drug-likeness (QED) is 0.0308. The summed E-state index contributed by atoms with van der Waals surface area (Å²) in [6.07, 6.45) is 79.3. The fourth-order valence-electron chi connectivity index (χ4n) is 10.2. The van der Waals surface area contributed by atoms with Crippen LogP contribution in [0.2, 0.25) is 0 Å². The van der Waals surface area contributed by atoms with Crippen molar-refractivity contribution in [2.24, 2.45) is 0 Å². The van der Waals surface area contributed by atoms with Gasteiger partial charge in [0.2, 0.25) is 5.91 Å². The van der Waals surface area contributed by atoms with Crippen LogP contribution >= 0.6 is 0 Å². The van der Waals surface area contributed by atoms with Gasteiger partial charge in [-0.1, -0.05) is 306 Å². The Balaban J connectivity index is 3.64. The molecule has 6 heteroatoms. The van der Waals surface area contributed by atoms with Crippen LogP contribution in [0.4, 0.5) is 0 Å². The largest absolute Gasteiger partial charge is 0.394 e. The molecule has 0 spiro atoms. The van der Waals surface area contributed by atoms with E-state index >= 15 is 0 Å². The fourth-order valence-corrected chi connectivity index (χ4v) is 10.2. The lowest BCUT2D eigenvalue weighted by atomic mass is 10.00. The first kappa shape index (κ1) is 71.3. The minimum Gasteiger partial charge on any atom is -0.394 e. The van der Waals surface area contributed by atoms with E-state index in [-0.39, 0.29) is 0 Å². The van der Waals surface area contributed by atoms with Gasteiger partial charge in [-0.25, -0.2) is 0 Å². The molecular weight excluding hydrogens is 899 g/mol. The van der Waals surface area contributed by atoms with Gasteiger partial charge in [0.25, 0.3) is 0 Å². The van der Waals surface area contributed by atoms with E-state index in [4.69, 9.17) is 0 Å². The molecule has 5 N–H and O–H groups in total. The third-order valence-electron chi connectivity index (χ3n) is 15.2. The summed E-state index contributed by atoms with van der Waals surface area (Å²) in [6, 6.07) is -1.01. The monoisotopic (exact) mass is 1030 g/mol. The molecule has 6 nitrogen and oxygen atoms in total. The van der Waals surface area contributed by atoms with E-state index in [1.54, 1.807) is 0 Å². The van der Waals surface area contributed by atoms with Crippen LogP contribution in [0.3, 0.4) is 0 Å². The summed E-state index contributed by atoms with van der Waals surface area (Å²) in [5.41, 5.74) is 0. The molecule has 0 saturated carbocycles. The zero-order chi connectivity index (χ0) is 53.0. The Hall–Kier alpha value is -1.73. The minimum atomic E-state index is -1.29. The first-order valence-corrected chi connectivity index (χ1v) is 32.5. The highest BCUT2D eigenvalue weighted by molar-refractivity contribution is 5.80. The zero-order valence-electron chi connectivity index (χ0n) is 48.9. The van der Waals surface area contributed by atoms with Crippen molar-refractivity contribution in [2.45, 2.75) is 366 Å². The second-order valence-electron chi connectivity index (χ2n) is 22.4. The van der Waals surface area contributed by atoms with Crippen molar-refractivity contribution in [3.63, 3.8) is 0 Å². The summed E-state index contributed by atoms with van der Waals surface area (Å²) in [6.45, 7) is 4.08. The number of rotatable bonds is 60. The van der Waals surface area contributed by atoms with Crippen molar-refractivity contribution in [2.75, 3.05) is 6.61 Å². The van der Waals surface area contributed by atoms with Gasteiger partial charge in [0.1, 0.15) is 12.2 Å². The van der Waals surface area contributed by atoms with Gasteiger partial charge in [-0.2, -0.15) is 0 Å². The molecule has 0 rings (SSSR count). The van der Waals surface area contributed by atoms with E-state index in [1.165, 1.54) is 263 Å². The lowest BCUT2D eigenvalue weighted by Gasteiger charge is -2.27. The molecule has 0 aliphatic carbocycles. The van der Waals surface area contributed by atoms with Crippen LogP contribution in [0.1, 0.15) is 341 Å². The predicted molar refractivity (Wildman–Crippen MR) is 320 cm³/mol. The first-order valence-electron chi connectivity index (χ1n) is 32.5. The molecule has 0 aromatic carbocycles. The molecule has 0 heterocycles. The Bertz CT molecular complexity index is 1200. The Morgan fingerprint density at radius 1 is 0.342 bits per heavy atom. The second kappa shape index (κ2) is 61.1. The van der Waals surface area contributed by atoms with Crippen LogP contribution in [0.15, 0.2) is 48.6 Å². The summed E-state index contributed by atoms with van der Waals surface area (Å²) >= 11 is 0. The lowest BCUT2D eigenvalue weighted by Crippen LogP contribution is -2.53. The maximum atomic E-state index is 12.6. The van der Waals surface area contributed by atoms with Crippen molar-refractivity contribution >= 4 is 5.91 Å². The number of aliphatic hydroxyl groups is 4. The number of nitrogens with one attached hydrogen (secondary N) is 1. The average molecular weight is 1030 g/mol. The molecular formula is C67H127NO5. The zero-order valence-corrected chi connectivity index (χ0v) is 48.9. The number of hydrogen-bond acceptors (Lipinski definition) is 5. The van der Waals surface area contributed by atoms with E-state index in [9.17, 15) is 25.2 Å². The highest BCUT2D eigenvalue weighted by atomic mass is 16.3. The number of amides is 1. The summed E-state index contributed by atoms with van der Waals surface area (Å²) < 4.78 is 0. The molecule has 4 unspecified atom stereocenters. The molecule has 0 fully saturated rings. The molecule has 0 aliphatic rings. The summed E-state index contributed by atoms with van der Waals surface area (Å²) in [5, 5.41) is 44.1. The Morgan fingerprint density at radius 3 is 0.945 bits per heavy atom. The van der Waals surface area contributed by atoms with E-state index in [0.29, 0.717) is 19.3 Å². The Labute approximate surface area is 455 Å². The SMILES string of the molecule is CCCCCCCCCCC/C=C\C/C=C\CCCCCCCCCCCCCCCCC(O)C(=O)NC(CO)C(O)C(O)CCC/C=C/CC/C=C/CCCCCCCCCCCCCCCCCCCC. The Kier molecular flexibility index (Phi) is 59.7. The number of unbranched alkanes of at least 4 members (excludes halogenated alkanes) is 43. The highest BCUT2D eigenvalue weighted by Gasteiger charge is 2.28. The molecule has 0 aromatic heterocycles. The molecule has 0 aliphatic heterocycles. The molecule has 0 bridgehead atoms. The van der Waals surface area contributed by atoms with Crippen molar-refractivity contribution in [1.29, 1.82) is 0 Å². The molecule has 0 saturated heterocycles. The van der Waals surface area contributed by atoms with Crippen LogP contribution in [0.25, 0.3) is 0 Å². The lowest BCUT2D eigenvalue weighted by molar-refractivity contribution is -0.132. The number of hydrogen-bond donors (Lipinski definition) is 5. The van der Waals surface area contributed by atoms with Crippen LogP contribution < -0.4 is 5.32 Å². The molecule has 0 radical (unpaired) electrons. The van der Waals surface area contributed by atoms with E-state index in [2.05, 4.69) is 67.8 Å². The van der Waals surface area contributed by atoms with Gasteiger partial charge in [-0.3, -0.25) is 4.79 Å². The average Bonchev–Trinajstić information content (AvgIpc) is 3.40. The van der Waals surface area contributed by atoms with Crippen LogP contribution in [-0.4, -0.2) is 57.3 Å². The van der Waals surface area contributed by atoms with Crippen molar-refractivity contribution in [3.05, 3.63) is 48.6 Å². The highest BCUT2D eigenvalue weighted by Crippen LogP contribution is 2.18. The number of aliphatic hydroxyl groups excluding tert-OH is 4. The van der Waals surface area contributed by atoms with Gasteiger partial charge in [-0.15, -0.1) is 0 Å². The number of allylic oxidation sites excluding steroid dienone is 8. The van der Waals surface area contributed by atoms with Gasteiger partial charge < -0.3 is 25.7 Å². The summed E-state index contributed by atoms with van der Waals surface area (Å²) in [5.74, 6) is -0.594. The van der Waals surface area contributed by atoms with Crippen molar-refractivity contribution in [3.8, 4) is 0 Å². The number of carbonyl (C=O) groups excluding carboxylic acids is 1. The maximum Gasteiger partial charge on any atom is 0.249 e. The number of carbonyl (C=O) groups is 1. The molecule has 0 aromatic rings. The van der Waals surface area contributed by atoms with Gasteiger partial charge in [0, 0.05) is 0 Å². The van der Waals surface area contributed by atoms with Gasteiger partial charge in [0.05, 0.1) is 18.8 Å². The minimum absolute atomic E-state index is 0.359. The van der Waals surface area contributed by atoms with Crippen LogP contribution in [0, 0.1) is 0 Å². The predicted octanol–water partition coefficient (Wildman–Crippen LogP) is 19.7. The first-order chi connectivity index (χ1) is 36.0. The summed E-state index contributed by atoms with van der Waals surface area (Å²) in [7, 11) is 0. The standard InChI is InChI=1S/C67H127NO5/c1-3-5-7-9-11-13-15-17-19-21-23-25-27-29-31-32-33-35-37-39-41-43-45-47-49-51-53-55-57-59-61-65(71)67(73)68-63(62-69)66(72)64(70)60-58-56-54-52-50-48-46-44-42-40-38-36-34-30-28-26-24-22-20-18-16-14-12-10-8-6-4-2/h23,25,29,31,44,46,52,54,63-66,69-72H,3-22,24,26-28,30,32-43,45,47-51,53,55-62H2,1-2H3,(H,68,73)/b25-23-,31-29-,46-44+,54-52+. The third-order valence-corrected chi connectivity index (χ3v) is 15.2. The third kappa shape index (κ3) is 54.9. The van der Waals surface area contributed by atoms with E-state index < -0.39 is 36.9 Å². The second-order valence-corrected chi connectivity index (χ2v) is 22.4. The molecule has 73 heavy (non-hydrogen) atoms.